The highest BCUT2D eigenvalue weighted by molar-refractivity contribution is 5.04. The van der Waals surface area contributed by atoms with Gasteiger partial charge in [0.25, 0.3) is 0 Å². The van der Waals surface area contributed by atoms with Gasteiger partial charge in [-0.15, -0.1) is 0 Å². The summed E-state index contributed by atoms with van der Waals surface area (Å²) in [6, 6.07) is 0. The van der Waals surface area contributed by atoms with Crippen LogP contribution < -0.4 is 5.73 Å². The maximum Gasteiger partial charge on any atom is 0.229 e. The second kappa shape index (κ2) is 5.60. The highest BCUT2D eigenvalue weighted by Gasteiger charge is 2.29. The van der Waals surface area contributed by atoms with Crippen LogP contribution >= 0.6 is 0 Å². The van der Waals surface area contributed by atoms with Gasteiger partial charge in [0.2, 0.25) is 5.89 Å². The van der Waals surface area contributed by atoms with E-state index in [1.807, 2.05) is 13.8 Å². The molecule has 1 rings (SSSR count). The summed E-state index contributed by atoms with van der Waals surface area (Å²) in [7, 11) is 0. The summed E-state index contributed by atoms with van der Waals surface area (Å²) in [5, 5.41) is 3.95. The summed E-state index contributed by atoms with van der Waals surface area (Å²) in [5.41, 5.74) is 5.40. The van der Waals surface area contributed by atoms with E-state index in [1.165, 1.54) is 0 Å². The first kappa shape index (κ1) is 14.1. The summed E-state index contributed by atoms with van der Waals surface area (Å²) >= 11 is 0. The molecule has 0 amide bonds. The third-order valence-corrected chi connectivity index (χ3v) is 2.95. The van der Waals surface area contributed by atoms with Gasteiger partial charge >= 0.3 is 0 Å². The van der Waals surface area contributed by atoms with E-state index in [0.29, 0.717) is 30.8 Å². The molecule has 0 aliphatic rings. The first-order chi connectivity index (χ1) is 7.88. The Labute approximate surface area is 103 Å². The zero-order chi connectivity index (χ0) is 13.1. The van der Waals surface area contributed by atoms with Crippen molar-refractivity contribution >= 4 is 0 Å². The van der Waals surface area contributed by atoms with Crippen LogP contribution in [0.25, 0.3) is 0 Å². The number of aromatic nitrogens is 2. The predicted molar refractivity (Wildman–Crippen MR) is 65.6 cm³/mol. The van der Waals surface area contributed by atoms with E-state index in [9.17, 15) is 0 Å². The number of hydrogen-bond acceptors (Lipinski definition) is 5. The highest BCUT2D eigenvalue weighted by Crippen LogP contribution is 2.24. The van der Waals surface area contributed by atoms with Crippen molar-refractivity contribution in [2.24, 2.45) is 11.7 Å². The summed E-state index contributed by atoms with van der Waals surface area (Å²) in [6.07, 6.45) is 0. The molecule has 1 heterocycles. The van der Waals surface area contributed by atoms with Crippen LogP contribution in [0.4, 0.5) is 0 Å². The molecule has 0 saturated carbocycles. The Morgan fingerprint density at radius 1 is 1.41 bits per heavy atom. The highest BCUT2D eigenvalue weighted by atomic mass is 16.5. The quantitative estimate of drug-likeness (QED) is 0.825. The Morgan fingerprint density at radius 2 is 2.06 bits per heavy atom. The van der Waals surface area contributed by atoms with Crippen molar-refractivity contribution in [1.82, 2.24) is 10.1 Å². The van der Waals surface area contributed by atoms with E-state index < -0.39 is 5.54 Å². The van der Waals surface area contributed by atoms with E-state index >= 15 is 0 Å². The molecule has 1 aromatic heterocycles. The molecular weight excluding hydrogens is 218 g/mol. The van der Waals surface area contributed by atoms with Crippen molar-refractivity contribution in [2.45, 2.75) is 46.1 Å². The van der Waals surface area contributed by atoms with Gasteiger partial charge in [-0.3, -0.25) is 0 Å². The molecule has 98 valence electrons. The normalized spacial score (nSPS) is 17.1. The summed E-state index contributed by atoms with van der Waals surface area (Å²) in [6.45, 7) is 11.1. The third kappa shape index (κ3) is 3.51. The van der Waals surface area contributed by atoms with Gasteiger partial charge < -0.3 is 15.0 Å². The third-order valence-electron chi connectivity index (χ3n) is 2.95. The largest absolute Gasteiger partial charge is 0.379 e. The molecule has 0 spiro atoms. The standard InChI is InChI=1S/C12H23N3O2/c1-6-16-7-12(5,13)11-14-10(17-15-11)9(4)8(2)3/h8-9H,6-7,13H2,1-5H3. The molecule has 2 atom stereocenters. The minimum atomic E-state index is -0.700. The first-order valence-electron chi connectivity index (χ1n) is 6.09. The number of hydrogen-bond donors (Lipinski definition) is 1. The van der Waals surface area contributed by atoms with Crippen LogP contribution in [0.2, 0.25) is 0 Å². The first-order valence-corrected chi connectivity index (χ1v) is 6.09. The Hall–Kier alpha value is -0.940. The van der Waals surface area contributed by atoms with Gasteiger partial charge in [0, 0.05) is 12.5 Å². The Bertz CT molecular complexity index is 347. The average molecular weight is 241 g/mol. The van der Waals surface area contributed by atoms with Gasteiger partial charge in [-0.2, -0.15) is 4.98 Å². The fourth-order valence-corrected chi connectivity index (χ4v) is 1.32. The molecule has 0 bridgehead atoms. The van der Waals surface area contributed by atoms with Crippen molar-refractivity contribution < 1.29 is 9.26 Å². The SMILES string of the molecule is CCOCC(C)(N)c1noc(C(C)C(C)C)n1. The van der Waals surface area contributed by atoms with Gasteiger partial charge in [-0.05, 0) is 19.8 Å². The molecule has 0 radical (unpaired) electrons. The van der Waals surface area contributed by atoms with E-state index in [1.54, 1.807) is 0 Å². The van der Waals surface area contributed by atoms with Crippen molar-refractivity contribution in [2.75, 3.05) is 13.2 Å². The maximum absolute atomic E-state index is 6.10. The zero-order valence-corrected chi connectivity index (χ0v) is 11.4. The number of ether oxygens (including phenoxy) is 1. The lowest BCUT2D eigenvalue weighted by molar-refractivity contribution is 0.0962. The second-order valence-electron chi connectivity index (χ2n) is 5.04. The maximum atomic E-state index is 6.10. The molecule has 5 heteroatoms. The minimum absolute atomic E-state index is 0.235. The summed E-state index contributed by atoms with van der Waals surface area (Å²) in [5.74, 6) is 1.84. The van der Waals surface area contributed by atoms with Crippen molar-refractivity contribution in [3.05, 3.63) is 11.7 Å². The summed E-state index contributed by atoms with van der Waals surface area (Å²) in [4.78, 5) is 4.37. The van der Waals surface area contributed by atoms with Crippen molar-refractivity contribution in [3.8, 4) is 0 Å². The minimum Gasteiger partial charge on any atom is -0.379 e. The van der Waals surface area contributed by atoms with E-state index in [0.717, 1.165) is 0 Å². The molecule has 0 saturated heterocycles. The van der Waals surface area contributed by atoms with Crippen molar-refractivity contribution in [3.63, 3.8) is 0 Å². The molecule has 0 aliphatic heterocycles. The van der Waals surface area contributed by atoms with Crippen LogP contribution in [-0.2, 0) is 10.3 Å². The fourth-order valence-electron chi connectivity index (χ4n) is 1.32. The lowest BCUT2D eigenvalue weighted by Crippen LogP contribution is -2.39. The van der Waals surface area contributed by atoms with E-state index in [-0.39, 0.29) is 5.92 Å². The topological polar surface area (TPSA) is 74.2 Å². The van der Waals surface area contributed by atoms with Crippen LogP contribution in [-0.4, -0.2) is 23.4 Å². The Balaban J connectivity index is 2.79. The van der Waals surface area contributed by atoms with Crippen molar-refractivity contribution in [1.29, 1.82) is 0 Å². The molecule has 0 aromatic carbocycles. The molecule has 1 aromatic rings. The van der Waals surface area contributed by atoms with Crippen LogP contribution in [0.1, 0.15) is 52.3 Å². The van der Waals surface area contributed by atoms with Crippen LogP contribution in [0.15, 0.2) is 4.52 Å². The van der Waals surface area contributed by atoms with E-state index in [4.69, 9.17) is 15.0 Å². The van der Waals surface area contributed by atoms with E-state index in [2.05, 4.69) is 30.9 Å². The number of rotatable bonds is 6. The average Bonchev–Trinajstić information content (AvgIpc) is 2.75. The van der Waals surface area contributed by atoms with Crippen LogP contribution in [0, 0.1) is 5.92 Å². The van der Waals surface area contributed by atoms with Crippen LogP contribution in [0.3, 0.4) is 0 Å². The number of nitrogens with two attached hydrogens (primary N) is 1. The monoisotopic (exact) mass is 241 g/mol. The Kier molecular flexibility index (Phi) is 4.65. The van der Waals surface area contributed by atoms with Gasteiger partial charge in [0.05, 0.1) is 6.61 Å². The van der Waals surface area contributed by atoms with Gasteiger partial charge in [-0.25, -0.2) is 0 Å². The van der Waals surface area contributed by atoms with Crippen LogP contribution in [0.5, 0.6) is 0 Å². The molecule has 2 N–H and O–H groups in total. The lowest BCUT2D eigenvalue weighted by atomic mass is 9.98. The molecule has 5 nitrogen and oxygen atoms in total. The molecule has 0 fully saturated rings. The molecule has 17 heavy (non-hydrogen) atoms. The lowest BCUT2D eigenvalue weighted by Gasteiger charge is -2.19. The predicted octanol–water partition coefficient (Wildman–Crippen LogP) is 2.04. The van der Waals surface area contributed by atoms with Gasteiger partial charge in [-0.1, -0.05) is 25.9 Å². The van der Waals surface area contributed by atoms with Gasteiger partial charge in [0.1, 0.15) is 5.54 Å². The Morgan fingerprint density at radius 3 is 2.59 bits per heavy atom. The smallest absolute Gasteiger partial charge is 0.229 e. The zero-order valence-electron chi connectivity index (χ0n) is 11.4. The number of nitrogens with zero attached hydrogens (tertiary/aromatic N) is 2. The summed E-state index contributed by atoms with van der Waals surface area (Å²) < 4.78 is 10.6. The second-order valence-corrected chi connectivity index (χ2v) is 5.04. The molecule has 0 aliphatic carbocycles. The van der Waals surface area contributed by atoms with Gasteiger partial charge in [0.15, 0.2) is 5.82 Å². The fraction of sp³-hybridized carbons (Fsp3) is 0.833. The molecule has 2 unspecified atom stereocenters. The molecular formula is C12H23N3O2.